The van der Waals surface area contributed by atoms with E-state index in [2.05, 4.69) is 49.5 Å². The van der Waals surface area contributed by atoms with E-state index < -0.39 is 0 Å². The summed E-state index contributed by atoms with van der Waals surface area (Å²) in [6.45, 7) is 5.58. The maximum atomic E-state index is 3.60. The molecule has 1 aromatic rings. The number of hydrogen-bond acceptors (Lipinski definition) is 1. The molecular weight excluding hydrogens is 206 g/mol. The molecule has 1 aliphatic carbocycles. The Labute approximate surface area is 106 Å². The highest BCUT2D eigenvalue weighted by molar-refractivity contribution is 5.20. The summed E-state index contributed by atoms with van der Waals surface area (Å²) in [7, 11) is 0. The van der Waals surface area contributed by atoms with Gasteiger partial charge in [0.2, 0.25) is 0 Å². The summed E-state index contributed by atoms with van der Waals surface area (Å²) in [5.41, 5.74) is 1.51. The summed E-state index contributed by atoms with van der Waals surface area (Å²) in [5.74, 6) is 1.68. The molecule has 1 fully saturated rings. The van der Waals surface area contributed by atoms with Gasteiger partial charge in [-0.2, -0.15) is 0 Å². The van der Waals surface area contributed by atoms with Crippen LogP contribution in [0.1, 0.15) is 51.0 Å². The summed E-state index contributed by atoms with van der Waals surface area (Å²) >= 11 is 0. The van der Waals surface area contributed by atoms with Gasteiger partial charge < -0.3 is 5.32 Å². The Morgan fingerprint density at radius 2 is 1.88 bits per heavy atom. The molecule has 0 aromatic heterocycles. The van der Waals surface area contributed by atoms with Gasteiger partial charge in [0, 0.05) is 12.6 Å². The van der Waals surface area contributed by atoms with Gasteiger partial charge in [-0.1, -0.05) is 63.4 Å². The molecule has 17 heavy (non-hydrogen) atoms. The second-order valence-corrected chi connectivity index (χ2v) is 5.70. The predicted octanol–water partition coefficient (Wildman–Crippen LogP) is 3.96. The summed E-state index contributed by atoms with van der Waals surface area (Å²) in [4.78, 5) is 0. The molecule has 1 unspecified atom stereocenters. The molecule has 0 radical (unpaired) electrons. The number of rotatable bonds is 6. The lowest BCUT2D eigenvalue weighted by molar-refractivity contribution is 0.271. The van der Waals surface area contributed by atoms with Crippen LogP contribution in [0.25, 0.3) is 0 Å². The first kappa shape index (κ1) is 12.6. The maximum absolute atomic E-state index is 3.60. The topological polar surface area (TPSA) is 12.0 Å². The normalized spacial score (nSPS) is 18.1. The highest BCUT2D eigenvalue weighted by atomic mass is 14.9. The molecule has 94 valence electrons. The van der Waals surface area contributed by atoms with Gasteiger partial charge in [-0.3, -0.25) is 0 Å². The van der Waals surface area contributed by atoms with Crippen LogP contribution < -0.4 is 5.32 Å². The lowest BCUT2D eigenvalue weighted by Crippen LogP contribution is -2.29. The van der Waals surface area contributed by atoms with Crippen LogP contribution >= 0.6 is 0 Å². The third-order valence-electron chi connectivity index (χ3n) is 3.89. The third kappa shape index (κ3) is 3.85. The van der Waals surface area contributed by atoms with Crippen LogP contribution in [0.2, 0.25) is 0 Å². The van der Waals surface area contributed by atoms with E-state index in [-0.39, 0.29) is 0 Å². The molecule has 0 bridgehead atoms. The van der Waals surface area contributed by atoms with E-state index in [1.54, 1.807) is 0 Å². The lowest BCUT2D eigenvalue weighted by atomic mass is 9.77. The van der Waals surface area contributed by atoms with E-state index in [0.29, 0.717) is 12.0 Å². The molecule has 1 atom stereocenters. The van der Waals surface area contributed by atoms with Crippen molar-refractivity contribution < 1.29 is 0 Å². The molecule has 1 saturated carbocycles. The summed E-state index contributed by atoms with van der Waals surface area (Å²) in [5, 5.41) is 3.60. The van der Waals surface area contributed by atoms with Gasteiger partial charge >= 0.3 is 0 Å². The van der Waals surface area contributed by atoms with E-state index >= 15 is 0 Å². The summed E-state index contributed by atoms with van der Waals surface area (Å²) in [6.07, 6.45) is 5.71. The molecule has 0 amide bonds. The highest BCUT2D eigenvalue weighted by Gasteiger charge is 2.22. The monoisotopic (exact) mass is 231 g/mol. The van der Waals surface area contributed by atoms with Crippen molar-refractivity contribution >= 4 is 0 Å². The van der Waals surface area contributed by atoms with E-state index in [4.69, 9.17) is 0 Å². The summed E-state index contributed by atoms with van der Waals surface area (Å²) < 4.78 is 0. The Balaban J connectivity index is 1.95. The largest absolute Gasteiger partial charge is 0.314 e. The van der Waals surface area contributed by atoms with Crippen molar-refractivity contribution in [2.45, 2.75) is 51.5 Å². The van der Waals surface area contributed by atoms with Crippen LogP contribution in [0, 0.1) is 5.92 Å². The molecule has 1 aliphatic rings. The standard InChI is InChI=1S/C16H25N/c1-13(2)17-12-16(11-14-7-6-8-14)15-9-4-3-5-10-15/h3-5,9-10,13-14,16-17H,6-8,11-12H2,1-2H3. The SMILES string of the molecule is CC(C)NCC(CC1CCC1)c1ccccc1. The smallest absolute Gasteiger partial charge is 0.00226 e. The van der Waals surface area contributed by atoms with Crippen molar-refractivity contribution in [3.05, 3.63) is 35.9 Å². The molecule has 0 aliphatic heterocycles. The second-order valence-electron chi connectivity index (χ2n) is 5.70. The number of hydrogen-bond donors (Lipinski definition) is 1. The van der Waals surface area contributed by atoms with Crippen LogP contribution in [0.15, 0.2) is 30.3 Å². The first-order chi connectivity index (χ1) is 8.25. The minimum atomic E-state index is 0.586. The fourth-order valence-corrected chi connectivity index (χ4v) is 2.57. The second kappa shape index (κ2) is 6.20. The average Bonchev–Trinajstić information content (AvgIpc) is 2.27. The van der Waals surface area contributed by atoms with Gasteiger partial charge in [-0.05, 0) is 23.8 Å². The van der Waals surface area contributed by atoms with E-state index in [1.165, 1.54) is 31.2 Å². The third-order valence-corrected chi connectivity index (χ3v) is 3.89. The predicted molar refractivity (Wildman–Crippen MR) is 74.3 cm³/mol. The van der Waals surface area contributed by atoms with Crippen molar-refractivity contribution in [2.75, 3.05) is 6.54 Å². The molecule has 1 nitrogen and oxygen atoms in total. The van der Waals surface area contributed by atoms with Gasteiger partial charge in [-0.15, -0.1) is 0 Å². The van der Waals surface area contributed by atoms with E-state index in [9.17, 15) is 0 Å². The minimum Gasteiger partial charge on any atom is -0.314 e. The van der Waals surface area contributed by atoms with Crippen molar-refractivity contribution in [2.24, 2.45) is 5.92 Å². The number of benzene rings is 1. The van der Waals surface area contributed by atoms with E-state index in [1.807, 2.05) is 0 Å². The maximum Gasteiger partial charge on any atom is 0.00226 e. The quantitative estimate of drug-likeness (QED) is 0.781. The van der Waals surface area contributed by atoms with Gasteiger partial charge in [0.25, 0.3) is 0 Å². The minimum absolute atomic E-state index is 0.586. The van der Waals surface area contributed by atoms with Crippen LogP contribution in [-0.4, -0.2) is 12.6 Å². The lowest BCUT2D eigenvalue weighted by Gasteiger charge is -2.30. The fraction of sp³-hybridized carbons (Fsp3) is 0.625. The average molecular weight is 231 g/mol. The van der Waals surface area contributed by atoms with Crippen molar-refractivity contribution in [3.63, 3.8) is 0 Å². The zero-order valence-corrected chi connectivity index (χ0v) is 11.2. The molecule has 0 heterocycles. The zero-order valence-electron chi connectivity index (χ0n) is 11.2. The van der Waals surface area contributed by atoms with Crippen molar-refractivity contribution in [1.29, 1.82) is 0 Å². The Morgan fingerprint density at radius 3 is 2.41 bits per heavy atom. The van der Waals surface area contributed by atoms with Crippen LogP contribution in [0.3, 0.4) is 0 Å². The van der Waals surface area contributed by atoms with Gasteiger partial charge in [-0.25, -0.2) is 0 Å². The highest BCUT2D eigenvalue weighted by Crippen LogP contribution is 2.35. The Hall–Kier alpha value is -0.820. The van der Waals surface area contributed by atoms with Crippen molar-refractivity contribution in [1.82, 2.24) is 5.32 Å². The molecule has 0 saturated heterocycles. The first-order valence-electron chi connectivity index (χ1n) is 7.04. The Kier molecular flexibility index (Phi) is 4.61. The molecule has 1 N–H and O–H groups in total. The fourth-order valence-electron chi connectivity index (χ4n) is 2.57. The van der Waals surface area contributed by atoms with E-state index in [0.717, 1.165) is 12.5 Å². The zero-order chi connectivity index (χ0) is 12.1. The van der Waals surface area contributed by atoms with Crippen molar-refractivity contribution in [3.8, 4) is 0 Å². The van der Waals surface area contributed by atoms with Crippen LogP contribution in [0.4, 0.5) is 0 Å². The molecular formula is C16H25N. The van der Waals surface area contributed by atoms with Crippen LogP contribution in [0.5, 0.6) is 0 Å². The molecule has 1 heteroatoms. The Morgan fingerprint density at radius 1 is 1.18 bits per heavy atom. The summed E-state index contributed by atoms with van der Waals surface area (Å²) in [6, 6.07) is 11.6. The molecule has 2 rings (SSSR count). The van der Waals surface area contributed by atoms with Gasteiger partial charge in [0.05, 0.1) is 0 Å². The number of nitrogens with one attached hydrogen (secondary N) is 1. The molecule has 0 spiro atoms. The van der Waals surface area contributed by atoms with Gasteiger partial charge in [0.15, 0.2) is 0 Å². The molecule has 1 aromatic carbocycles. The first-order valence-corrected chi connectivity index (χ1v) is 7.04. The van der Waals surface area contributed by atoms with Gasteiger partial charge in [0.1, 0.15) is 0 Å². The Bertz CT molecular complexity index is 314. The van der Waals surface area contributed by atoms with Crippen LogP contribution in [-0.2, 0) is 0 Å².